The van der Waals surface area contributed by atoms with Crippen LogP contribution in [-0.2, 0) is 11.3 Å². The molecular formula is C15H15F3N4O4. The van der Waals surface area contributed by atoms with Gasteiger partial charge in [0, 0.05) is 18.5 Å². The molecule has 0 aliphatic carbocycles. The minimum atomic E-state index is -4.61. The highest BCUT2D eigenvalue weighted by atomic mass is 19.4. The van der Waals surface area contributed by atoms with Crippen molar-refractivity contribution in [3.05, 3.63) is 34.2 Å². The van der Waals surface area contributed by atoms with Crippen molar-refractivity contribution in [1.82, 2.24) is 14.5 Å². The van der Waals surface area contributed by atoms with Crippen molar-refractivity contribution in [2.45, 2.75) is 24.7 Å². The average Bonchev–Trinajstić information content (AvgIpc) is 3.07. The average molecular weight is 372 g/mol. The van der Waals surface area contributed by atoms with Crippen LogP contribution in [0, 0.1) is 0 Å². The minimum Gasteiger partial charge on any atom is -0.378 e. The van der Waals surface area contributed by atoms with Gasteiger partial charge in [0.25, 0.3) is 11.8 Å². The van der Waals surface area contributed by atoms with Crippen LogP contribution in [0.15, 0.2) is 23.0 Å². The van der Waals surface area contributed by atoms with E-state index in [1.807, 2.05) is 0 Å². The third kappa shape index (κ3) is 3.17. The lowest BCUT2D eigenvalue weighted by atomic mass is 10.0. The first-order chi connectivity index (χ1) is 12.0. The fourth-order valence-corrected chi connectivity index (χ4v) is 2.97. The predicted molar refractivity (Wildman–Crippen MR) is 83.3 cm³/mol. The van der Waals surface area contributed by atoms with Gasteiger partial charge >= 0.3 is 11.9 Å². The number of carbonyl (C=O) groups excluding carboxylic acids is 2. The van der Waals surface area contributed by atoms with Gasteiger partial charge in [-0.25, -0.2) is 4.79 Å². The number of aromatic amines is 1. The SMILES string of the molecule is NC(=O)C1(O)CCN(C(=O)c2ccc3[nH]c(=O)n(CC(F)(F)F)c3c2)C1. The van der Waals surface area contributed by atoms with Crippen molar-refractivity contribution < 1.29 is 27.9 Å². The largest absolute Gasteiger partial charge is 0.406 e. The number of nitrogens with one attached hydrogen (secondary N) is 1. The van der Waals surface area contributed by atoms with E-state index in [2.05, 4.69) is 4.98 Å². The van der Waals surface area contributed by atoms with Gasteiger partial charge in [0.1, 0.15) is 6.54 Å². The van der Waals surface area contributed by atoms with Gasteiger partial charge in [0.15, 0.2) is 5.60 Å². The molecule has 1 unspecified atom stereocenters. The van der Waals surface area contributed by atoms with E-state index in [1.165, 1.54) is 23.1 Å². The molecule has 140 valence electrons. The summed E-state index contributed by atoms with van der Waals surface area (Å²) in [5.74, 6) is -1.54. The number of β-amino-alcohol motifs (C(OH)–C–C–N with tert-alkyl or cyclic N) is 1. The normalized spacial score (nSPS) is 20.7. The number of amides is 2. The highest BCUT2D eigenvalue weighted by Crippen LogP contribution is 2.24. The molecule has 11 heteroatoms. The Hall–Kier alpha value is -2.82. The highest BCUT2D eigenvalue weighted by Gasteiger charge is 2.43. The fraction of sp³-hybridized carbons (Fsp3) is 0.400. The first-order valence-corrected chi connectivity index (χ1v) is 7.61. The maximum Gasteiger partial charge on any atom is 0.406 e. The van der Waals surface area contributed by atoms with Crippen molar-refractivity contribution in [3.8, 4) is 0 Å². The van der Waals surface area contributed by atoms with Gasteiger partial charge in [-0.1, -0.05) is 0 Å². The van der Waals surface area contributed by atoms with Gasteiger partial charge in [0.2, 0.25) is 0 Å². The third-order valence-corrected chi connectivity index (χ3v) is 4.35. The van der Waals surface area contributed by atoms with E-state index < -0.39 is 35.8 Å². The van der Waals surface area contributed by atoms with Gasteiger partial charge in [-0.3, -0.25) is 14.2 Å². The molecule has 1 fully saturated rings. The lowest BCUT2D eigenvalue weighted by Gasteiger charge is -2.20. The number of hydrogen-bond acceptors (Lipinski definition) is 4. The molecular weight excluding hydrogens is 357 g/mol. The van der Waals surface area contributed by atoms with E-state index in [1.54, 1.807) is 0 Å². The summed E-state index contributed by atoms with van der Waals surface area (Å²) in [5, 5.41) is 10.0. The van der Waals surface area contributed by atoms with Crippen molar-refractivity contribution in [3.63, 3.8) is 0 Å². The van der Waals surface area contributed by atoms with Gasteiger partial charge in [-0.15, -0.1) is 0 Å². The summed E-state index contributed by atoms with van der Waals surface area (Å²) in [6.07, 6.45) is -4.63. The standard InChI is InChI=1S/C15H15F3N4O4/c16-15(17,18)7-22-10-5-8(1-2-9(10)20-13(22)25)11(23)21-4-3-14(26,6-21)12(19)24/h1-2,5,26H,3-4,6-7H2,(H2,19,24)(H,20,25). The Morgan fingerprint density at radius 3 is 2.62 bits per heavy atom. The summed E-state index contributed by atoms with van der Waals surface area (Å²) >= 11 is 0. The first-order valence-electron chi connectivity index (χ1n) is 7.61. The van der Waals surface area contributed by atoms with Gasteiger partial charge in [-0.2, -0.15) is 13.2 Å². The Labute approximate surface area is 144 Å². The van der Waals surface area contributed by atoms with Crippen molar-refractivity contribution in [2.75, 3.05) is 13.1 Å². The number of imidazole rings is 1. The van der Waals surface area contributed by atoms with Crippen LogP contribution >= 0.6 is 0 Å². The van der Waals surface area contributed by atoms with E-state index in [0.29, 0.717) is 4.57 Å². The Balaban J connectivity index is 1.94. The number of aromatic nitrogens is 2. The molecule has 2 aromatic rings. The number of rotatable bonds is 3. The topological polar surface area (TPSA) is 121 Å². The molecule has 0 radical (unpaired) electrons. The second-order valence-electron chi connectivity index (χ2n) is 6.24. The number of primary amides is 1. The van der Waals surface area contributed by atoms with Crippen LogP contribution in [0.2, 0.25) is 0 Å². The maximum atomic E-state index is 12.7. The summed E-state index contributed by atoms with van der Waals surface area (Å²) in [6.45, 7) is -1.73. The van der Waals surface area contributed by atoms with Gasteiger partial charge in [-0.05, 0) is 18.2 Å². The Kier molecular flexibility index (Phi) is 4.06. The molecule has 1 atom stereocenters. The monoisotopic (exact) mass is 372 g/mol. The van der Waals surface area contributed by atoms with Crippen molar-refractivity contribution in [2.24, 2.45) is 5.73 Å². The number of likely N-dealkylation sites (tertiary alicyclic amines) is 1. The molecule has 3 rings (SSSR count). The molecule has 26 heavy (non-hydrogen) atoms. The molecule has 4 N–H and O–H groups in total. The predicted octanol–water partition coefficient (Wildman–Crippen LogP) is -0.0458. The van der Waals surface area contributed by atoms with Crippen molar-refractivity contribution >= 4 is 22.8 Å². The molecule has 1 saturated heterocycles. The van der Waals surface area contributed by atoms with E-state index >= 15 is 0 Å². The van der Waals surface area contributed by atoms with Crippen molar-refractivity contribution in [1.29, 1.82) is 0 Å². The molecule has 0 bridgehead atoms. The highest BCUT2D eigenvalue weighted by molar-refractivity contribution is 5.98. The molecule has 1 aliphatic rings. The number of carbonyl (C=O) groups is 2. The number of hydrogen-bond donors (Lipinski definition) is 3. The van der Waals surface area contributed by atoms with Crippen LogP contribution in [-0.4, -0.2) is 56.2 Å². The number of nitrogens with two attached hydrogens (primary N) is 1. The molecule has 0 spiro atoms. The summed E-state index contributed by atoms with van der Waals surface area (Å²) in [5.41, 5.74) is 2.47. The van der Waals surface area contributed by atoms with Crippen LogP contribution in [0.1, 0.15) is 16.8 Å². The summed E-state index contributed by atoms with van der Waals surface area (Å²) in [4.78, 5) is 39.0. The fourth-order valence-electron chi connectivity index (χ4n) is 2.97. The summed E-state index contributed by atoms with van der Waals surface area (Å²) < 4.78 is 38.5. The molecule has 2 amide bonds. The number of H-pyrrole nitrogens is 1. The number of fused-ring (bicyclic) bond motifs is 1. The summed E-state index contributed by atoms with van der Waals surface area (Å²) in [7, 11) is 0. The van der Waals surface area contributed by atoms with E-state index in [0.717, 1.165) is 0 Å². The number of halogens is 3. The van der Waals surface area contributed by atoms with Crippen LogP contribution < -0.4 is 11.4 Å². The minimum absolute atomic E-state index is 0.0285. The first kappa shape index (κ1) is 18.0. The third-order valence-electron chi connectivity index (χ3n) is 4.35. The number of alkyl halides is 3. The second-order valence-corrected chi connectivity index (χ2v) is 6.24. The zero-order valence-corrected chi connectivity index (χ0v) is 13.3. The molecule has 0 saturated carbocycles. The Morgan fingerprint density at radius 1 is 1.35 bits per heavy atom. The second kappa shape index (κ2) is 5.87. The van der Waals surface area contributed by atoms with Gasteiger partial charge in [0.05, 0.1) is 17.6 Å². The number of nitrogens with zero attached hydrogens (tertiary/aromatic N) is 2. The lowest BCUT2D eigenvalue weighted by Crippen LogP contribution is -2.46. The molecule has 2 heterocycles. The smallest absolute Gasteiger partial charge is 0.378 e. The number of aliphatic hydroxyl groups is 1. The molecule has 1 aliphatic heterocycles. The van der Waals surface area contributed by atoms with E-state index in [4.69, 9.17) is 5.73 Å². The lowest BCUT2D eigenvalue weighted by molar-refractivity contribution is -0.140. The zero-order valence-electron chi connectivity index (χ0n) is 13.3. The summed E-state index contributed by atoms with van der Waals surface area (Å²) in [6, 6.07) is 3.84. The zero-order chi connectivity index (χ0) is 19.3. The number of benzene rings is 1. The molecule has 8 nitrogen and oxygen atoms in total. The van der Waals surface area contributed by atoms with Crippen LogP contribution in [0.4, 0.5) is 13.2 Å². The Morgan fingerprint density at radius 2 is 2.04 bits per heavy atom. The molecule has 1 aromatic heterocycles. The Bertz CT molecular complexity index is 948. The van der Waals surface area contributed by atoms with E-state index in [9.17, 15) is 32.7 Å². The van der Waals surface area contributed by atoms with E-state index in [-0.39, 0.29) is 36.1 Å². The molecule has 1 aromatic carbocycles. The quantitative estimate of drug-likeness (QED) is 0.700. The van der Waals surface area contributed by atoms with Gasteiger partial charge < -0.3 is 20.7 Å². The maximum absolute atomic E-state index is 12.7. The van der Waals surface area contributed by atoms with Crippen LogP contribution in [0.5, 0.6) is 0 Å². The van der Waals surface area contributed by atoms with Crippen LogP contribution in [0.25, 0.3) is 11.0 Å². The van der Waals surface area contributed by atoms with Crippen LogP contribution in [0.3, 0.4) is 0 Å².